The van der Waals surface area contributed by atoms with E-state index in [1.54, 1.807) is 31.2 Å². The molecule has 0 aliphatic carbocycles. The average molecular weight is 295 g/mol. The fourth-order valence-corrected chi connectivity index (χ4v) is 1.47. The molecule has 0 aliphatic rings. The summed E-state index contributed by atoms with van der Waals surface area (Å²) in [6.07, 6.45) is 3.69. The zero-order chi connectivity index (χ0) is 15.0. The van der Waals surface area contributed by atoms with Crippen LogP contribution in [-0.4, -0.2) is 23.5 Å². The highest BCUT2D eigenvalue weighted by Gasteiger charge is 2.02. The number of ketones is 1. The van der Waals surface area contributed by atoms with E-state index < -0.39 is 5.97 Å². The standard InChI is InChI=1S/C15H15ClO4/c1-2-20-15(19)10-8-13(17)7-9-14(18)11-3-5-12(16)6-4-11/h3-9,17H,2,10H2,1H3/b9-7+,13-8-. The monoisotopic (exact) mass is 294 g/mol. The van der Waals surface area contributed by atoms with Gasteiger partial charge < -0.3 is 9.84 Å². The van der Waals surface area contributed by atoms with E-state index in [1.165, 1.54) is 18.2 Å². The third-order valence-electron chi connectivity index (χ3n) is 2.32. The van der Waals surface area contributed by atoms with Crippen LogP contribution >= 0.6 is 11.6 Å². The van der Waals surface area contributed by atoms with E-state index in [0.717, 1.165) is 0 Å². The van der Waals surface area contributed by atoms with E-state index in [2.05, 4.69) is 0 Å². The van der Waals surface area contributed by atoms with Crippen LogP contribution in [0.1, 0.15) is 23.7 Å². The first-order valence-electron chi connectivity index (χ1n) is 6.05. The lowest BCUT2D eigenvalue weighted by Crippen LogP contribution is -2.02. The Morgan fingerprint density at radius 3 is 2.50 bits per heavy atom. The van der Waals surface area contributed by atoms with Crippen LogP contribution < -0.4 is 0 Å². The van der Waals surface area contributed by atoms with Crippen molar-refractivity contribution in [2.45, 2.75) is 13.3 Å². The van der Waals surface area contributed by atoms with E-state index in [4.69, 9.17) is 16.3 Å². The Morgan fingerprint density at radius 2 is 1.90 bits per heavy atom. The number of esters is 1. The molecule has 0 atom stereocenters. The molecule has 0 saturated heterocycles. The number of rotatable bonds is 6. The van der Waals surface area contributed by atoms with Crippen molar-refractivity contribution in [3.05, 3.63) is 58.8 Å². The Balaban J connectivity index is 2.58. The van der Waals surface area contributed by atoms with Crippen molar-refractivity contribution in [1.82, 2.24) is 0 Å². The topological polar surface area (TPSA) is 63.6 Å². The molecule has 0 fully saturated rings. The Morgan fingerprint density at radius 1 is 1.25 bits per heavy atom. The minimum atomic E-state index is -0.434. The molecular weight excluding hydrogens is 280 g/mol. The number of aliphatic hydroxyl groups is 1. The van der Waals surface area contributed by atoms with E-state index in [9.17, 15) is 14.7 Å². The van der Waals surface area contributed by atoms with Gasteiger partial charge in [-0.15, -0.1) is 0 Å². The van der Waals surface area contributed by atoms with Gasteiger partial charge in [0.15, 0.2) is 5.78 Å². The van der Waals surface area contributed by atoms with Crippen molar-refractivity contribution in [2.75, 3.05) is 6.61 Å². The van der Waals surface area contributed by atoms with Crippen LogP contribution in [0.2, 0.25) is 5.02 Å². The number of aliphatic hydroxyl groups excluding tert-OH is 1. The van der Waals surface area contributed by atoms with Crippen LogP contribution in [0.15, 0.2) is 48.3 Å². The molecule has 5 heteroatoms. The molecule has 0 amide bonds. The fraction of sp³-hybridized carbons (Fsp3) is 0.200. The summed E-state index contributed by atoms with van der Waals surface area (Å²) in [6.45, 7) is 1.99. The molecule has 1 aromatic rings. The number of carbonyl (C=O) groups is 2. The maximum atomic E-state index is 11.7. The summed E-state index contributed by atoms with van der Waals surface area (Å²) in [4.78, 5) is 22.8. The first-order valence-corrected chi connectivity index (χ1v) is 6.43. The van der Waals surface area contributed by atoms with Crippen molar-refractivity contribution >= 4 is 23.4 Å². The lowest BCUT2D eigenvalue weighted by atomic mass is 10.1. The average Bonchev–Trinajstić information content (AvgIpc) is 2.43. The van der Waals surface area contributed by atoms with E-state index in [0.29, 0.717) is 17.2 Å². The van der Waals surface area contributed by atoms with Gasteiger partial charge in [0.2, 0.25) is 0 Å². The summed E-state index contributed by atoms with van der Waals surface area (Å²) in [6, 6.07) is 6.40. The lowest BCUT2D eigenvalue weighted by molar-refractivity contribution is -0.142. The van der Waals surface area contributed by atoms with Gasteiger partial charge in [-0.1, -0.05) is 11.6 Å². The summed E-state index contributed by atoms with van der Waals surface area (Å²) in [5, 5.41) is 10.0. The van der Waals surface area contributed by atoms with Crippen LogP contribution in [-0.2, 0) is 9.53 Å². The van der Waals surface area contributed by atoms with Crippen molar-refractivity contribution in [1.29, 1.82) is 0 Å². The Kier molecular flexibility index (Phi) is 6.53. The molecule has 0 heterocycles. The van der Waals surface area contributed by atoms with Crippen molar-refractivity contribution in [3.8, 4) is 0 Å². The molecule has 0 radical (unpaired) electrons. The first kappa shape index (κ1) is 16.0. The van der Waals surface area contributed by atoms with Crippen molar-refractivity contribution in [3.63, 3.8) is 0 Å². The minimum Gasteiger partial charge on any atom is -0.508 e. The number of hydrogen-bond acceptors (Lipinski definition) is 4. The Labute approximate surface area is 122 Å². The number of carbonyl (C=O) groups excluding carboxylic acids is 2. The molecule has 1 N–H and O–H groups in total. The van der Waals surface area contributed by atoms with Gasteiger partial charge in [-0.25, -0.2) is 0 Å². The molecule has 106 valence electrons. The molecule has 0 bridgehead atoms. The number of halogens is 1. The zero-order valence-corrected chi connectivity index (χ0v) is 11.8. The molecule has 1 rings (SSSR count). The Bertz CT molecular complexity index is 529. The second kappa shape index (κ2) is 8.17. The second-order valence-electron chi connectivity index (χ2n) is 3.84. The summed E-state index contributed by atoms with van der Waals surface area (Å²) < 4.78 is 4.70. The van der Waals surface area contributed by atoms with Gasteiger partial charge in [0, 0.05) is 10.6 Å². The smallest absolute Gasteiger partial charge is 0.309 e. The van der Waals surface area contributed by atoms with Crippen LogP contribution in [0.5, 0.6) is 0 Å². The van der Waals surface area contributed by atoms with Gasteiger partial charge in [0.1, 0.15) is 5.76 Å². The highest BCUT2D eigenvalue weighted by molar-refractivity contribution is 6.30. The van der Waals surface area contributed by atoms with Crippen LogP contribution in [0.25, 0.3) is 0 Å². The molecule has 20 heavy (non-hydrogen) atoms. The molecule has 0 spiro atoms. The fourth-order valence-electron chi connectivity index (χ4n) is 1.35. The van der Waals surface area contributed by atoms with E-state index in [-0.39, 0.29) is 18.0 Å². The van der Waals surface area contributed by atoms with Gasteiger partial charge >= 0.3 is 5.97 Å². The van der Waals surface area contributed by atoms with Crippen LogP contribution in [0.3, 0.4) is 0 Å². The SMILES string of the molecule is CCOC(=O)C/C=C(O)/C=C/C(=O)c1ccc(Cl)cc1. The third-order valence-corrected chi connectivity index (χ3v) is 2.57. The predicted molar refractivity (Wildman–Crippen MR) is 76.9 cm³/mol. The molecule has 0 aromatic heterocycles. The van der Waals surface area contributed by atoms with Crippen LogP contribution in [0, 0.1) is 0 Å². The van der Waals surface area contributed by atoms with Crippen LogP contribution in [0.4, 0.5) is 0 Å². The summed E-state index contributed by atoms with van der Waals surface area (Å²) >= 11 is 5.72. The third kappa shape index (κ3) is 5.71. The highest BCUT2D eigenvalue weighted by Crippen LogP contribution is 2.10. The van der Waals surface area contributed by atoms with Crippen molar-refractivity contribution in [2.24, 2.45) is 0 Å². The number of allylic oxidation sites excluding steroid dienone is 2. The van der Waals surface area contributed by atoms with E-state index >= 15 is 0 Å². The van der Waals surface area contributed by atoms with Crippen molar-refractivity contribution < 1.29 is 19.4 Å². The second-order valence-corrected chi connectivity index (χ2v) is 4.28. The molecular formula is C15H15ClO4. The number of benzene rings is 1. The first-order chi connectivity index (χ1) is 9.52. The maximum absolute atomic E-state index is 11.7. The highest BCUT2D eigenvalue weighted by atomic mass is 35.5. The summed E-state index contributed by atoms with van der Waals surface area (Å²) in [5.74, 6) is -0.866. The predicted octanol–water partition coefficient (Wildman–Crippen LogP) is 3.47. The molecule has 4 nitrogen and oxygen atoms in total. The molecule has 1 aromatic carbocycles. The molecule has 0 saturated carbocycles. The van der Waals surface area contributed by atoms with Gasteiger partial charge in [0.05, 0.1) is 13.0 Å². The van der Waals surface area contributed by atoms with E-state index in [1.807, 2.05) is 0 Å². The maximum Gasteiger partial charge on any atom is 0.309 e. The Hall–Kier alpha value is -2.07. The zero-order valence-electron chi connectivity index (χ0n) is 11.0. The largest absolute Gasteiger partial charge is 0.508 e. The lowest BCUT2D eigenvalue weighted by Gasteiger charge is -1.98. The van der Waals surface area contributed by atoms with Gasteiger partial charge in [-0.05, 0) is 49.4 Å². The molecule has 0 unspecified atom stereocenters. The number of ether oxygens (including phenoxy) is 1. The summed E-state index contributed by atoms with van der Waals surface area (Å²) in [7, 11) is 0. The normalized spacial score (nSPS) is 11.6. The minimum absolute atomic E-state index is 0.0425. The number of hydrogen-bond donors (Lipinski definition) is 1. The van der Waals surface area contributed by atoms with Gasteiger partial charge in [-0.2, -0.15) is 0 Å². The molecule has 0 aliphatic heterocycles. The quantitative estimate of drug-likeness (QED) is 0.287. The summed E-state index contributed by atoms with van der Waals surface area (Å²) in [5.41, 5.74) is 0.462. The van der Waals surface area contributed by atoms with Gasteiger partial charge in [-0.3, -0.25) is 9.59 Å². The van der Waals surface area contributed by atoms with Gasteiger partial charge in [0.25, 0.3) is 0 Å².